The molecule has 3 rings (SSSR count). The lowest BCUT2D eigenvalue weighted by molar-refractivity contribution is -0.140. The Balaban J connectivity index is 0.00000208. The van der Waals surface area contributed by atoms with Gasteiger partial charge in [0.15, 0.2) is 0 Å². The number of nitrogens with zero attached hydrogens (tertiary/aromatic N) is 1. The van der Waals surface area contributed by atoms with Crippen molar-refractivity contribution in [3.05, 3.63) is 22.4 Å². The fraction of sp³-hybridized carbons (Fsp3) is 0.737. The first-order valence-corrected chi connectivity index (χ1v) is 10.1. The van der Waals surface area contributed by atoms with Crippen molar-refractivity contribution >= 4 is 29.7 Å². The van der Waals surface area contributed by atoms with Crippen molar-refractivity contribution in [2.75, 3.05) is 26.7 Å². The molecule has 1 aliphatic carbocycles. The minimum absolute atomic E-state index is 0. The summed E-state index contributed by atoms with van der Waals surface area (Å²) < 4.78 is 0. The quantitative estimate of drug-likeness (QED) is 0.841. The van der Waals surface area contributed by atoms with Gasteiger partial charge in [-0.1, -0.05) is 25.3 Å². The van der Waals surface area contributed by atoms with E-state index in [0.717, 1.165) is 38.4 Å². The van der Waals surface area contributed by atoms with E-state index < -0.39 is 0 Å². The van der Waals surface area contributed by atoms with Crippen LogP contribution in [-0.4, -0.2) is 37.5 Å². The van der Waals surface area contributed by atoms with Crippen molar-refractivity contribution in [2.45, 2.75) is 56.8 Å². The van der Waals surface area contributed by atoms with Crippen LogP contribution < -0.4 is 5.32 Å². The number of halogens is 1. The maximum atomic E-state index is 13.4. The summed E-state index contributed by atoms with van der Waals surface area (Å²) in [6.45, 7) is 3.01. The smallest absolute Gasteiger partial charge is 0.234 e. The molecule has 0 atom stereocenters. The second-order valence-electron chi connectivity index (χ2n) is 7.25. The van der Waals surface area contributed by atoms with Crippen LogP contribution in [0.5, 0.6) is 0 Å². The number of nitrogens with one attached hydrogen (secondary N) is 1. The second-order valence-corrected chi connectivity index (χ2v) is 8.20. The number of hydrogen-bond donors (Lipinski definition) is 1. The summed E-state index contributed by atoms with van der Waals surface area (Å²) in [6.07, 6.45) is 9.37. The number of likely N-dealkylation sites (tertiary alicyclic amines) is 1. The normalized spacial score (nSPS) is 21.3. The molecule has 1 aliphatic heterocycles. The van der Waals surface area contributed by atoms with E-state index in [4.69, 9.17) is 0 Å². The maximum absolute atomic E-state index is 13.4. The van der Waals surface area contributed by atoms with Crippen molar-refractivity contribution in [1.29, 1.82) is 0 Å². The van der Waals surface area contributed by atoms with Crippen LogP contribution in [0.4, 0.5) is 0 Å². The van der Waals surface area contributed by atoms with E-state index in [2.05, 4.69) is 27.7 Å². The van der Waals surface area contributed by atoms with Crippen molar-refractivity contribution in [1.82, 2.24) is 10.2 Å². The van der Waals surface area contributed by atoms with Gasteiger partial charge in [-0.2, -0.15) is 0 Å². The molecule has 2 aliphatic rings. The third kappa shape index (κ3) is 4.14. The molecule has 1 amide bonds. The van der Waals surface area contributed by atoms with Gasteiger partial charge >= 0.3 is 0 Å². The molecule has 1 aromatic rings. The minimum atomic E-state index is -0.204. The van der Waals surface area contributed by atoms with Crippen LogP contribution in [0.1, 0.15) is 56.2 Å². The van der Waals surface area contributed by atoms with Gasteiger partial charge in [-0.3, -0.25) is 4.79 Å². The molecule has 0 radical (unpaired) electrons. The van der Waals surface area contributed by atoms with Gasteiger partial charge in [-0.05, 0) is 63.1 Å². The fourth-order valence-corrected chi connectivity index (χ4v) is 5.33. The van der Waals surface area contributed by atoms with E-state index in [-0.39, 0.29) is 17.8 Å². The zero-order valence-corrected chi connectivity index (χ0v) is 16.4. The Labute approximate surface area is 156 Å². The SMILES string of the molecule is CNCCC1CCN(C(=O)C2(c3cccs3)CCCCC2)CC1.Cl. The highest BCUT2D eigenvalue weighted by molar-refractivity contribution is 7.10. The highest BCUT2D eigenvalue weighted by atomic mass is 35.5. The van der Waals surface area contributed by atoms with Crippen LogP contribution in [0.3, 0.4) is 0 Å². The topological polar surface area (TPSA) is 32.3 Å². The minimum Gasteiger partial charge on any atom is -0.342 e. The van der Waals surface area contributed by atoms with E-state index in [0.29, 0.717) is 5.91 Å². The zero-order chi connectivity index (χ0) is 16.1. The lowest BCUT2D eigenvalue weighted by atomic mass is 9.71. The van der Waals surface area contributed by atoms with Crippen molar-refractivity contribution in [3.63, 3.8) is 0 Å². The predicted molar refractivity (Wildman–Crippen MR) is 104 cm³/mol. The Hall–Kier alpha value is -0.580. The number of rotatable bonds is 5. The summed E-state index contributed by atoms with van der Waals surface area (Å²) in [4.78, 5) is 16.9. The summed E-state index contributed by atoms with van der Waals surface area (Å²) in [5.41, 5.74) is -0.204. The van der Waals surface area contributed by atoms with Crippen molar-refractivity contribution < 1.29 is 4.79 Å². The van der Waals surface area contributed by atoms with Crippen LogP contribution in [0.15, 0.2) is 17.5 Å². The Morgan fingerprint density at radius 1 is 1.29 bits per heavy atom. The third-order valence-electron chi connectivity index (χ3n) is 5.81. The number of thiophene rings is 1. The standard InChI is InChI=1S/C19H30N2OS.ClH/c1-20-12-7-16-8-13-21(14-9-16)18(22)19(10-3-2-4-11-19)17-6-5-15-23-17;/h5-6,15-16,20H,2-4,7-14H2,1H3;1H. The zero-order valence-electron chi connectivity index (χ0n) is 14.8. The molecule has 1 saturated carbocycles. The van der Waals surface area contributed by atoms with Gasteiger partial charge < -0.3 is 10.2 Å². The van der Waals surface area contributed by atoms with Crippen LogP contribution in [0.25, 0.3) is 0 Å². The molecule has 1 saturated heterocycles. The summed E-state index contributed by atoms with van der Waals surface area (Å²) >= 11 is 1.78. The first-order valence-electron chi connectivity index (χ1n) is 9.24. The summed E-state index contributed by atoms with van der Waals surface area (Å²) in [7, 11) is 2.02. The average Bonchev–Trinajstić information content (AvgIpc) is 3.15. The number of hydrogen-bond acceptors (Lipinski definition) is 3. The van der Waals surface area contributed by atoms with Gasteiger partial charge in [0.25, 0.3) is 0 Å². The third-order valence-corrected chi connectivity index (χ3v) is 6.89. The van der Waals surface area contributed by atoms with E-state index in [9.17, 15) is 4.79 Å². The van der Waals surface area contributed by atoms with Crippen molar-refractivity contribution in [2.24, 2.45) is 5.92 Å². The van der Waals surface area contributed by atoms with Gasteiger partial charge in [-0.25, -0.2) is 0 Å². The van der Waals surface area contributed by atoms with Crippen LogP contribution in [0, 0.1) is 5.92 Å². The highest BCUT2D eigenvalue weighted by Gasteiger charge is 2.44. The monoisotopic (exact) mass is 370 g/mol. The van der Waals surface area contributed by atoms with E-state index in [1.165, 1.54) is 43.4 Å². The number of carbonyl (C=O) groups excluding carboxylic acids is 1. The van der Waals surface area contributed by atoms with Gasteiger partial charge in [0, 0.05) is 18.0 Å². The Bertz CT molecular complexity index is 491. The number of amides is 1. The molecule has 2 fully saturated rings. The maximum Gasteiger partial charge on any atom is 0.234 e. The number of piperidine rings is 1. The predicted octanol–water partition coefficient (Wildman–Crippen LogP) is 4.22. The Kier molecular flexibility index (Phi) is 7.58. The van der Waals surface area contributed by atoms with E-state index in [1.807, 2.05) is 7.05 Å². The first kappa shape index (κ1) is 19.7. The second kappa shape index (κ2) is 9.21. The van der Waals surface area contributed by atoms with Crippen LogP contribution in [-0.2, 0) is 10.2 Å². The van der Waals surface area contributed by atoms with Gasteiger partial charge in [-0.15, -0.1) is 23.7 Å². The largest absolute Gasteiger partial charge is 0.342 e. The molecule has 136 valence electrons. The molecule has 2 heterocycles. The molecule has 5 heteroatoms. The fourth-order valence-electron chi connectivity index (χ4n) is 4.35. The summed E-state index contributed by atoms with van der Waals surface area (Å²) in [5, 5.41) is 5.37. The van der Waals surface area contributed by atoms with E-state index in [1.54, 1.807) is 11.3 Å². The Morgan fingerprint density at radius 2 is 2.00 bits per heavy atom. The molecule has 3 nitrogen and oxygen atoms in total. The van der Waals surface area contributed by atoms with Gasteiger partial charge in [0.1, 0.15) is 0 Å². The first-order chi connectivity index (χ1) is 11.3. The van der Waals surface area contributed by atoms with Crippen molar-refractivity contribution in [3.8, 4) is 0 Å². The average molecular weight is 371 g/mol. The van der Waals surface area contributed by atoms with E-state index >= 15 is 0 Å². The highest BCUT2D eigenvalue weighted by Crippen LogP contribution is 2.43. The lowest BCUT2D eigenvalue weighted by Crippen LogP contribution is -2.50. The summed E-state index contributed by atoms with van der Waals surface area (Å²) in [5.74, 6) is 1.21. The molecule has 24 heavy (non-hydrogen) atoms. The molecular weight excluding hydrogens is 340 g/mol. The molecule has 0 bridgehead atoms. The lowest BCUT2D eigenvalue weighted by Gasteiger charge is -2.42. The van der Waals surface area contributed by atoms with Gasteiger partial charge in [0.2, 0.25) is 5.91 Å². The molecule has 0 spiro atoms. The number of carbonyl (C=O) groups is 1. The molecular formula is C19H31ClN2OS. The summed E-state index contributed by atoms with van der Waals surface area (Å²) in [6, 6.07) is 4.29. The molecule has 0 unspecified atom stereocenters. The molecule has 1 aromatic heterocycles. The van der Waals surface area contributed by atoms with Crippen LogP contribution in [0.2, 0.25) is 0 Å². The van der Waals surface area contributed by atoms with Crippen LogP contribution >= 0.6 is 23.7 Å². The molecule has 1 N–H and O–H groups in total. The Morgan fingerprint density at radius 3 is 2.58 bits per heavy atom. The van der Waals surface area contributed by atoms with Gasteiger partial charge in [0.05, 0.1) is 5.41 Å². The molecule has 0 aromatic carbocycles.